The first-order valence-corrected chi connectivity index (χ1v) is 7.63. The number of anilines is 1. The molecule has 0 saturated heterocycles. The van der Waals surface area contributed by atoms with Crippen LogP contribution < -0.4 is 11.1 Å². The zero-order chi connectivity index (χ0) is 15.6. The molecule has 114 valence electrons. The minimum absolute atomic E-state index is 0.00225. The minimum Gasteiger partial charge on any atom is -0.397 e. The van der Waals surface area contributed by atoms with Crippen LogP contribution in [0.15, 0.2) is 18.2 Å². The monoisotopic (exact) mass is 310 g/mol. The molecule has 21 heavy (non-hydrogen) atoms. The van der Waals surface area contributed by atoms with Crippen molar-refractivity contribution in [2.24, 2.45) is 0 Å². The van der Waals surface area contributed by atoms with E-state index >= 15 is 0 Å². The zero-order valence-corrected chi connectivity index (χ0v) is 12.9. The van der Waals surface area contributed by atoms with Crippen LogP contribution in [0.4, 0.5) is 10.1 Å². The first kappa shape index (κ1) is 15.7. The molecule has 1 aromatic carbocycles. The van der Waals surface area contributed by atoms with Crippen molar-refractivity contribution >= 4 is 33.0 Å². The van der Waals surface area contributed by atoms with E-state index in [0.29, 0.717) is 28.8 Å². The van der Waals surface area contributed by atoms with Gasteiger partial charge >= 0.3 is 0 Å². The summed E-state index contributed by atoms with van der Waals surface area (Å²) >= 11 is 1.24. The normalized spacial score (nSPS) is 14.1. The van der Waals surface area contributed by atoms with Gasteiger partial charge in [0.15, 0.2) is 0 Å². The second-order valence-electron chi connectivity index (χ2n) is 5.33. The molecule has 1 unspecified atom stereocenters. The summed E-state index contributed by atoms with van der Waals surface area (Å²) in [6.07, 6.45) is 1.16. The number of hydrogen-bond acceptors (Lipinski definition) is 4. The van der Waals surface area contributed by atoms with Gasteiger partial charge in [-0.25, -0.2) is 4.39 Å². The van der Waals surface area contributed by atoms with Crippen molar-refractivity contribution in [3.05, 3.63) is 28.9 Å². The van der Waals surface area contributed by atoms with Crippen LogP contribution in [0, 0.1) is 5.82 Å². The number of aliphatic hydroxyl groups excluding tert-OH is 1. The fraction of sp³-hybridized carbons (Fsp3) is 0.400. The van der Waals surface area contributed by atoms with E-state index in [1.165, 1.54) is 23.5 Å². The number of aliphatic hydroxyl groups is 1. The Bertz CT molecular complexity index is 671. The number of benzene rings is 1. The summed E-state index contributed by atoms with van der Waals surface area (Å²) in [6, 6.07) is 4.31. The highest BCUT2D eigenvalue weighted by atomic mass is 32.1. The molecule has 4 nitrogen and oxygen atoms in total. The molecule has 0 fully saturated rings. The molecule has 4 N–H and O–H groups in total. The predicted molar refractivity (Wildman–Crippen MR) is 84.1 cm³/mol. The predicted octanol–water partition coefficient (Wildman–Crippen LogP) is 2.90. The molecule has 1 atom stereocenters. The van der Waals surface area contributed by atoms with Crippen LogP contribution in [0.25, 0.3) is 10.1 Å². The Balaban J connectivity index is 2.33. The number of thiophene rings is 1. The van der Waals surface area contributed by atoms with E-state index in [1.54, 1.807) is 6.07 Å². The van der Waals surface area contributed by atoms with Crippen LogP contribution in [0.1, 0.15) is 36.4 Å². The number of hydrogen-bond donors (Lipinski definition) is 3. The molecule has 1 aromatic heterocycles. The molecule has 6 heteroatoms. The van der Waals surface area contributed by atoms with Crippen LogP contribution in [-0.4, -0.2) is 23.2 Å². The quantitative estimate of drug-likeness (QED) is 0.795. The summed E-state index contributed by atoms with van der Waals surface area (Å²) in [4.78, 5) is 12.8. The van der Waals surface area contributed by atoms with E-state index in [1.807, 2.05) is 13.8 Å². The topological polar surface area (TPSA) is 75.3 Å². The fourth-order valence-corrected chi connectivity index (χ4v) is 3.16. The van der Waals surface area contributed by atoms with Crippen molar-refractivity contribution in [3.63, 3.8) is 0 Å². The third kappa shape index (κ3) is 3.16. The lowest BCUT2D eigenvalue weighted by Gasteiger charge is -2.28. The minimum atomic E-state index is -0.486. The number of rotatable bonds is 5. The Morgan fingerprint density at radius 3 is 2.86 bits per heavy atom. The second kappa shape index (κ2) is 5.99. The van der Waals surface area contributed by atoms with E-state index < -0.39 is 5.54 Å². The Morgan fingerprint density at radius 2 is 2.24 bits per heavy atom. The smallest absolute Gasteiger partial charge is 0.263 e. The summed E-state index contributed by atoms with van der Waals surface area (Å²) < 4.78 is 14.1. The molecule has 0 spiro atoms. The van der Waals surface area contributed by atoms with Gasteiger partial charge in [-0.15, -0.1) is 11.3 Å². The lowest BCUT2D eigenvalue weighted by Crippen LogP contribution is -2.46. The Hall–Kier alpha value is -1.66. The summed E-state index contributed by atoms with van der Waals surface area (Å²) in [6.45, 7) is 3.82. The van der Waals surface area contributed by atoms with E-state index in [4.69, 9.17) is 10.8 Å². The summed E-state index contributed by atoms with van der Waals surface area (Å²) in [7, 11) is 0. The lowest BCUT2D eigenvalue weighted by molar-refractivity contribution is 0.0891. The SMILES string of the molecule is CCC(C)(CCO)NC(=O)c1sc2ccc(F)cc2c1N. The van der Waals surface area contributed by atoms with E-state index in [0.717, 1.165) is 4.70 Å². The van der Waals surface area contributed by atoms with Crippen LogP contribution >= 0.6 is 11.3 Å². The van der Waals surface area contributed by atoms with Crippen molar-refractivity contribution in [2.45, 2.75) is 32.2 Å². The number of halogens is 1. The van der Waals surface area contributed by atoms with Gasteiger partial charge < -0.3 is 16.2 Å². The second-order valence-corrected chi connectivity index (χ2v) is 6.38. The maximum absolute atomic E-state index is 13.3. The molecule has 0 aliphatic heterocycles. The zero-order valence-electron chi connectivity index (χ0n) is 12.1. The molecule has 1 amide bonds. The Labute approximate surface area is 126 Å². The lowest BCUT2D eigenvalue weighted by atomic mass is 9.95. The van der Waals surface area contributed by atoms with Crippen molar-refractivity contribution in [3.8, 4) is 0 Å². The Kier molecular flexibility index (Phi) is 4.49. The first-order valence-electron chi connectivity index (χ1n) is 6.81. The molecule has 0 radical (unpaired) electrons. The van der Waals surface area contributed by atoms with Gasteiger partial charge in [0.2, 0.25) is 0 Å². The highest BCUT2D eigenvalue weighted by Gasteiger charge is 2.26. The molecule has 1 heterocycles. The van der Waals surface area contributed by atoms with Gasteiger partial charge in [-0.2, -0.15) is 0 Å². The van der Waals surface area contributed by atoms with E-state index in [2.05, 4.69) is 5.32 Å². The first-order chi connectivity index (χ1) is 9.90. The van der Waals surface area contributed by atoms with Gasteiger partial charge in [-0.05, 0) is 38.0 Å². The standard InChI is InChI=1S/C15H19FN2O2S/c1-3-15(2,6-7-19)18-14(20)13-12(17)10-8-9(16)4-5-11(10)21-13/h4-5,8,19H,3,6-7,17H2,1-2H3,(H,18,20). The third-order valence-corrected chi connectivity index (χ3v) is 4.94. The maximum atomic E-state index is 13.3. The van der Waals surface area contributed by atoms with Crippen molar-refractivity contribution < 1.29 is 14.3 Å². The average molecular weight is 310 g/mol. The van der Waals surface area contributed by atoms with E-state index in [-0.39, 0.29) is 18.3 Å². The average Bonchev–Trinajstić information content (AvgIpc) is 2.76. The van der Waals surface area contributed by atoms with Gasteiger partial charge in [0.05, 0.1) is 5.69 Å². The molecular formula is C15H19FN2O2S. The largest absolute Gasteiger partial charge is 0.397 e. The summed E-state index contributed by atoms with van der Waals surface area (Å²) in [5, 5.41) is 12.6. The number of nitrogen functional groups attached to an aromatic ring is 1. The number of carbonyl (C=O) groups is 1. The molecule has 0 aliphatic carbocycles. The molecule has 2 aromatic rings. The number of nitrogens with two attached hydrogens (primary N) is 1. The van der Waals surface area contributed by atoms with Crippen LogP contribution in [-0.2, 0) is 0 Å². The van der Waals surface area contributed by atoms with Gasteiger partial charge in [-0.1, -0.05) is 6.92 Å². The summed E-state index contributed by atoms with van der Waals surface area (Å²) in [5.41, 5.74) is 5.79. The van der Waals surface area contributed by atoms with Crippen LogP contribution in [0.2, 0.25) is 0 Å². The molecule has 0 saturated carbocycles. The van der Waals surface area contributed by atoms with Gasteiger partial charge in [-0.3, -0.25) is 4.79 Å². The van der Waals surface area contributed by atoms with Gasteiger partial charge in [0.25, 0.3) is 5.91 Å². The van der Waals surface area contributed by atoms with Crippen molar-refractivity contribution in [1.82, 2.24) is 5.32 Å². The third-order valence-electron chi connectivity index (χ3n) is 3.75. The number of amides is 1. The number of fused-ring (bicyclic) bond motifs is 1. The van der Waals surface area contributed by atoms with Crippen molar-refractivity contribution in [2.75, 3.05) is 12.3 Å². The van der Waals surface area contributed by atoms with E-state index in [9.17, 15) is 9.18 Å². The molecule has 0 bridgehead atoms. The van der Waals surface area contributed by atoms with Crippen LogP contribution in [0.5, 0.6) is 0 Å². The van der Waals surface area contributed by atoms with Crippen LogP contribution in [0.3, 0.4) is 0 Å². The summed E-state index contributed by atoms with van der Waals surface area (Å²) in [5.74, 6) is -0.662. The highest BCUT2D eigenvalue weighted by molar-refractivity contribution is 7.21. The van der Waals surface area contributed by atoms with Crippen molar-refractivity contribution in [1.29, 1.82) is 0 Å². The number of nitrogens with one attached hydrogen (secondary N) is 1. The fourth-order valence-electron chi connectivity index (χ4n) is 2.16. The molecule has 0 aliphatic rings. The maximum Gasteiger partial charge on any atom is 0.263 e. The number of carbonyl (C=O) groups excluding carboxylic acids is 1. The van der Waals surface area contributed by atoms with Gasteiger partial charge in [0.1, 0.15) is 10.7 Å². The highest BCUT2D eigenvalue weighted by Crippen LogP contribution is 2.34. The van der Waals surface area contributed by atoms with Gasteiger partial charge in [0, 0.05) is 22.2 Å². The molecule has 2 rings (SSSR count). The Morgan fingerprint density at radius 1 is 1.52 bits per heavy atom. The molecular weight excluding hydrogens is 291 g/mol.